The molecule has 2 unspecified atom stereocenters. The fourth-order valence-electron chi connectivity index (χ4n) is 3.14. The fourth-order valence-corrected chi connectivity index (χ4v) is 5.03. The van der Waals surface area contributed by atoms with Gasteiger partial charge in [0.1, 0.15) is 24.1 Å². The van der Waals surface area contributed by atoms with Crippen LogP contribution in [0.4, 0.5) is 4.39 Å². The van der Waals surface area contributed by atoms with Crippen LogP contribution >= 0.6 is 0 Å². The Hall–Kier alpha value is -1.51. The maximum Gasteiger partial charge on any atom is 0.124 e. The van der Waals surface area contributed by atoms with E-state index in [-0.39, 0.29) is 11.7 Å². The van der Waals surface area contributed by atoms with Gasteiger partial charge < -0.3 is 14.0 Å². The van der Waals surface area contributed by atoms with Crippen molar-refractivity contribution in [1.29, 1.82) is 0 Å². The third-order valence-corrected chi connectivity index (χ3v) is 8.89. The van der Waals surface area contributed by atoms with Gasteiger partial charge in [0.15, 0.2) is 0 Å². The van der Waals surface area contributed by atoms with Crippen molar-refractivity contribution < 1.29 is 18.1 Å². The normalized spacial score (nSPS) is 14.5. The van der Waals surface area contributed by atoms with Crippen LogP contribution in [0.2, 0.25) is 25.7 Å². The van der Waals surface area contributed by atoms with Crippen molar-refractivity contribution in [3.05, 3.63) is 47.3 Å². The third kappa shape index (κ3) is 7.25. The summed E-state index contributed by atoms with van der Waals surface area (Å²) in [7, 11) is -0.799. The summed E-state index contributed by atoms with van der Waals surface area (Å²) in [5.41, 5.74) is 1.60. The van der Waals surface area contributed by atoms with E-state index in [0.717, 1.165) is 11.7 Å². The number of hydrogen-bond donors (Lipinski definition) is 0. The molecular formula is C23H37FN2O3SSi. The largest absolute Gasteiger partial charge is 0.496 e. The maximum atomic E-state index is 14.2. The Labute approximate surface area is 189 Å². The van der Waals surface area contributed by atoms with Crippen LogP contribution in [0.1, 0.15) is 43.8 Å². The van der Waals surface area contributed by atoms with Gasteiger partial charge in [0, 0.05) is 53.4 Å². The van der Waals surface area contributed by atoms with Gasteiger partial charge in [0.05, 0.1) is 13.0 Å². The van der Waals surface area contributed by atoms with E-state index in [0.29, 0.717) is 36.2 Å². The minimum absolute atomic E-state index is 0.314. The van der Waals surface area contributed by atoms with Crippen LogP contribution in [0.15, 0.2) is 24.4 Å². The molecule has 1 heterocycles. The van der Waals surface area contributed by atoms with E-state index < -0.39 is 23.6 Å². The third-order valence-electron chi connectivity index (χ3n) is 5.18. The summed E-state index contributed by atoms with van der Waals surface area (Å²) in [5.74, 6) is 0.842. The fraction of sp³-hybridized carbons (Fsp3) is 0.609. The predicted octanol–water partition coefficient (Wildman–Crippen LogP) is 5.33. The SMILES string of the molecule is COc1ccc(F)cc1C(CS(=O)C(C)(C)C)c1ncc(C)n1COCC[Si](C)(C)C. The van der Waals surface area contributed by atoms with Gasteiger partial charge in [-0.05, 0) is 51.9 Å². The van der Waals surface area contributed by atoms with Gasteiger partial charge in [-0.15, -0.1) is 0 Å². The number of imidazole rings is 1. The topological polar surface area (TPSA) is 53.3 Å². The monoisotopic (exact) mass is 468 g/mol. The quantitative estimate of drug-likeness (QED) is 0.349. The molecule has 2 rings (SSSR count). The summed E-state index contributed by atoms with van der Waals surface area (Å²) in [6, 6.07) is 5.52. The van der Waals surface area contributed by atoms with Gasteiger partial charge in [-0.1, -0.05) is 19.6 Å². The molecule has 8 heteroatoms. The predicted molar refractivity (Wildman–Crippen MR) is 129 cm³/mol. The zero-order chi connectivity index (χ0) is 23.4. The van der Waals surface area contributed by atoms with Gasteiger partial charge in [-0.25, -0.2) is 9.37 Å². The molecule has 174 valence electrons. The molecule has 0 aliphatic carbocycles. The second-order valence-corrected chi connectivity index (χ2v) is 18.0. The molecule has 0 fully saturated rings. The second-order valence-electron chi connectivity index (χ2n) is 10.1. The molecule has 0 saturated carbocycles. The van der Waals surface area contributed by atoms with E-state index in [1.54, 1.807) is 19.4 Å². The van der Waals surface area contributed by atoms with Crippen LogP contribution in [-0.4, -0.2) is 46.1 Å². The summed E-state index contributed by atoms with van der Waals surface area (Å²) in [5, 5.41) is 0. The van der Waals surface area contributed by atoms with E-state index in [1.165, 1.54) is 12.1 Å². The Morgan fingerprint density at radius 1 is 1.26 bits per heavy atom. The number of benzene rings is 1. The Morgan fingerprint density at radius 3 is 2.52 bits per heavy atom. The van der Waals surface area contributed by atoms with Gasteiger partial charge in [-0.2, -0.15) is 0 Å². The molecule has 0 spiro atoms. The zero-order valence-electron chi connectivity index (χ0n) is 20.1. The van der Waals surface area contributed by atoms with Crippen LogP contribution in [0.25, 0.3) is 0 Å². The van der Waals surface area contributed by atoms with E-state index in [1.807, 2.05) is 32.3 Å². The Bertz CT molecular complexity index is 903. The Morgan fingerprint density at radius 2 is 1.94 bits per heavy atom. The molecule has 0 amide bonds. The second kappa shape index (κ2) is 10.4. The van der Waals surface area contributed by atoms with Crippen LogP contribution < -0.4 is 4.74 Å². The van der Waals surface area contributed by atoms with Gasteiger partial charge in [0.25, 0.3) is 0 Å². The summed E-state index contributed by atoms with van der Waals surface area (Å²) in [6.07, 6.45) is 1.79. The molecular weight excluding hydrogens is 431 g/mol. The van der Waals surface area contributed by atoms with Crippen LogP contribution in [0, 0.1) is 12.7 Å². The summed E-state index contributed by atoms with van der Waals surface area (Å²) < 4.78 is 40.4. The van der Waals surface area contributed by atoms with Crippen molar-refractivity contribution in [3.8, 4) is 5.75 Å². The van der Waals surface area contributed by atoms with Gasteiger partial charge in [0.2, 0.25) is 0 Å². The minimum atomic E-state index is -1.19. The first-order valence-corrected chi connectivity index (χ1v) is 15.7. The molecule has 0 saturated heterocycles. The number of nitrogens with zero attached hydrogens (tertiary/aromatic N) is 2. The highest BCUT2D eigenvalue weighted by Gasteiger charge is 2.30. The lowest BCUT2D eigenvalue weighted by Crippen LogP contribution is -2.29. The van der Waals surface area contributed by atoms with E-state index in [4.69, 9.17) is 9.47 Å². The number of halogens is 1. The van der Waals surface area contributed by atoms with Gasteiger partial charge >= 0.3 is 0 Å². The maximum absolute atomic E-state index is 14.2. The molecule has 2 aromatic rings. The molecule has 0 bridgehead atoms. The highest BCUT2D eigenvalue weighted by molar-refractivity contribution is 7.86. The number of methoxy groups -OCH3 is 1. The van der Waals surface area contributed by atoms with Gasteiger partial charge in [-0.3, -0.25) is 4.21 Å². The first kappa shape index (κ1) is 25.7. The lowest BCUT2D eigenvalue weighted by atomic mass is 9.98. The lowest BCUT2D eigenvalue weighted by molar-refractivity contribution is 0.0835. The van der Waals surface area contributed by atoms with Crippen molar-refractivity contribution >= 4 is 18.9 Å². The highest BCUT2D eigenvalue weighted by atomic mass is 32.2. The molecule has 5 nitrogen and oxygen atoms in total. The number of hydrogen-bond acceptors (Lipinski definition) is 4. The molecule has 1 aromatic carbocycles. The summed E-state index contributed by atoms with van der Waals surface area (Å²) in [4.78, 5) is 4.64. The van der Waals surface area contributed by atoms with E-state index in [2.05, 4.69) is 24.6 Å². The first-order valence-electron chi connectivity index (χ1n) is 10.6. The van der Waals surface area contributed by atoms with E-state index in [9.17, 15) is 8.60 Å². The minimum Gasteiger partial charge on any atom is -0.496 e. The highest BCUT2D eigenvalue weighted by Crippen LogP contribution is 2.34. The van der Waals surface area contributed by atoms with Crippen molar-refractivity contribution in [3.63, 3.8) is 0 Å². The van der Waals surface area contributed by atoms with E-state index >= 15 is 0 Å². The standard InChI is InChI=1S/C23H37FN2O3SSi/c1-17-14-25-22(26(17)16-29-11-12-31(6,7)8)20(15-30(27)23(2,3)4)19-13-18(24)9-10-21(19)28-5/h9-10,13-14,20H,11-12,15-16H2,1-8H3. The smallest absolute Gasteiger partial charge is 0.124 e. The number of ether oxygens (including phenoxy) is 2. The summed E-state index contributed by atoms with van der Waals surface area (Å²) >= 11 is 0. The lowest BCUT2D eigenvalue weighted by Gasteiger charge is -2.25. The average molecular weight is 469 g/mol. The van der Waals surface area contributed by atoms with Crippen molar-refractivity contribution in [1.82, 2.24) is 9.55 Å². The first-order chi connectivity index (χ1) is 14.3. The molecule has 1 aromatic heterocycles. The molecule has 0 aliphatic heterocycles. The number of aromatic nitrogens is 2. The van der Waals surface area contributed by atoms with Crippen molar-refractivity contribution in [2.75, 3.05) is 19.5 Å². The molecule has 0 radical (unpaired) electrons. The molecule has 2 atom stereocenters. The Kier molecular flexibility index (Phi) is 8.64. The van der Waals surface area contributed by atoms with Crippen molar-refractivity contribution in [2.24, 2.45) is 0 Å². The zero-order valence-corrected chi connectivity index (χ0v) is 21.9. The molecule has 0 N–H and O–H groups in total. The number of aryl methyl sites for hydroxylation is 1. The van der Waals surface area contributed by atoms with Crippen LogP contribution in [0.5, 0.6) is 5.75 Å². The van der Waals surface area contributed by atoms with Crippen LogP contribution in [0.3, 0.4) is 0 Å². The Balaban J connectivity index is 2.44. The molecule has 31 heavy (non-hydrogen) atoms. The molecule has 0 aliphatic rings. The van der Waals surface area contributed by atoms with Crippen molar-refractivity contribution in [2.45, 2.75) is 70.8 Å². The summed E-state index contributed by atoms with van der Waals surface area (Å²) in [6.45, 7) is 15.8. The number of rotatable bonds is 10. The van der Waals surface area contributed by atoms with Crippen LogP contribution in [-0.2, 0) is 22.3 Å². The average Bonchev–Trinajstić information content (AvgIpc) is 3.01.